The largest absolute Gasteiger partial charge is 0.341 e. The van der Waals surface area contributed by atoms with Gasteiger partial charge in [-0.1, -0.05) is 44.2 Å². The molecule has 2 rings (SSSR count). The van der Waals surface area contributed by atoms with Crippen LogP contribution in [0.3, 0.4) is 0 Å². The highest BCUT2D eigenvalue weighted by Gasteiger charge is 2.32. The van der Waals surface area contributed by atoms with Crippen LogP contribution in [0.4, 0.5) is 0 Å². The summed E-state index contributed by atoms with van der Waals surface area (Å²) in [5.74, 6) is 0.326. The van der Waals surface area contributed by atoms with E-state index in [9.17, 15) is 9.59 Å². The van der Waals surface area contributed by atoms with Crippen molar-refractivity contribution in [1.29, 1.82) is 0 Å². The van der Waals surface area contributed by atoms with Gasteiger partial charge in [0, 0.05) is 38.5 Å². The van der Waals surface area contributed by atoms with E-state index in [2.05, 4.69) is 24.3 Å². The third-order valence-electron chi connectivity index (χ3n) is 4.92. The molecule has 4 heteroatoms. The minimum absolute atomic E-state index is 0.103. The molecule has 1 aliphatic heterocycles. The molecule has 24 heavy (non-hydrogen) atoms. The first-order valence-electron chi connectivity index (χ1n) is 8.99. The second-order valence-corrected chi connectivity index (χ2v) is 7.37. The van der Waals surface area contributed by atoms with Crippen molar-refractivity contribution in [3.63, 3.8) is 0 Å². The smallest absolute Gasteiger partial charge is 0.228 e. The van der Waals surface area contributed by atoms with E-state index < -0.39 is 0 Å². The standard InChI is InChI=1S/C20H30N2O2/c1-17(23)21-13-8-14-22(16-15-21)19(24)20(2,3)12-7-11-18-9-5-4-6-10-18/h4-6,9-10H,7-8,11-16H2,1-3H3. The summed E-state index contributed by atoms with van der Waals surface area (Å²) >= 11 is 0. The van der Waals surface area contributed by atoms with Crippen molar-refractivity contribution in [2.45, 2.75) is 46.5 Å². The van der Waals surface area contributed by atoms with E-state index in [0.717, 1.165) is 38.8 Å². The molecular formula is C20H30N2O2. The Kier molecular flexibility index (Phi) is 6.41. The second kappa shape index (κ2) is 8.32. The molecule has 0 unspecified atom stereocenters. The topological polar surface area (TPSA) is 40.6 Å². The number of hydrogen-bond acceptors (Lipinski definition) is 2. The molecule has 1 aromatic rings. The Morgan fingerprint density at radius 1 is 1.00 bits per heavy atom. The zero-order valence-corrected chi connectivity index (χ0v) is 15.3. The third kappa shape index (κ3) is 5.08. The van der Waals surface area contributed by atoms with Crippen LogP contribution < -0.4 is 0 Å². The quantitative estimate of drug-likeness (QED) is 0.832. The van der Waals surface area contributed by atoms with Crippen LogP contribution in [-0.4, -0.2) is 47.8 Å². The average Bonchev–Trinajstić information content (AvgIpc) is 2.81. The minimum Gasteiger partial charge on any atom is -0.341 e. The molecule has 1 fully saturated rings. The highest BCUT2D eigenvalue weighted by atomic mass is 16.2. The summed E-state index contributed by atoms with van der Waals surface area (Å²) in [7, 11) is 0. The van der Waals surface area contributed by atoms with Crippen molar-refractivity contribution in [2.24, 2.45) is 5.41 Å². The van der Waals surface area contributed by atoms with Gasteiger partial charge < -0.3 is 9.80 Å². The molecule has 1 aromatic carbocycles. The number of amides is 2. The molecule has 1 saturated heterocycles. The van der Waals surface area contributed by atoms with E-state index in [4.69, 9.17) is 0 Å². The second-order valence-electron chi connectivity index (χ2n) is 7.37. The Morgan fingerprint density at radius 2 is 1.62 bits per heavy atom. The molecule has 0 radical (unpaired) electrons. The molecule has 0 N–H and O–H groups in total. The van der Waals surface area contributed by atoms with Gasteiger partial charge in [-0.05, 0) is 31.2 Å². The maximum absolute atomic E-state index is 12.9. The van der Waals surface area contributed by atoms with E-state index in [1.807, 2.05) is 29.7 Å². The Morgan fingerprint density at radius 3 is 2.29 bits per heavy atom. The monoisotopic (exact) mass is 330 g/mol. The van der Waals surface area contributed by atoms with E-state index in [1.165, 1.54) is 5.56 Å². The number of carbonyl (C=O) groups is 2. The zero-order chi connectivity index (χ0) is 17.6. The van der Waals surface area contributed by atoms with E-state index in [1.54, 1.807) is 6.92 Å². The number of rotatable bonds is 5. The Labute approximate surface area is 145 Å². The fourth-order valence-electron chi connectivity index (χ4n) is 3.35. The lowest BCUT2D eigenvalue weighted by Gasteiger charge is -2.31. The van der Waals surface area contributed by atoms with Crippen LogP contribution in [0.5, 0.6) is 0 Å². The maximum atomic E-state index is 12.9. The Balaban J connectivity index is 1.86. The lowest BCUT2D eigenvalue weighted by Crippen LogP contribution is -2.43. The van der Waals surface area contributed by atoms with Gasteiger partial charge in [-0.25, -0.2) is 0 Å². The van der Waals surface area contributed by atoms with Crippen LogP contribution in [0.25, 0.3) is 0 Å². The number of benzene rings is 1. The van der Waals surface area contributed by atoms with Crippen LogP contribution in [0, 0.1) is 5.41 Å². The Hall–Kier alpha value is -1.84. The highest BCUT2D eigenvalue weighted by molar-refractivity contribution is 5.82. The van der Waals surface area contributed by atoms with Gasteiger partial charge in [0.05, 0.1) is 0 Å². The SMILES string of the molecule is CC(=O)N1CCCN(C(=O)C(C)(C)CCCc2ccccc2)CC1. The van der Waals surface area contributed by atoms with Gasteiger partial charge in [-0.15, -0.1) is 0 Å². The molecule has 0 aliphatic carbocycles. The molecular weight excluding hydrogens is 300 g/mol. The molecule has 2 amide bonds. The van der Waals surface area contributed by atoms with Crippen molar-refractivity contribution in [1.82, 2.24) is 9.80 Å². The number of carbonyl (C=O) groups excluding carboxylic acids is 2. The summed E-state index contributed by atoms with van der Waals surface area (Å²) in [5.41, 5.74) is 0.979. The summed E-state index contributed by atoms with van der Waals surface area (Å²) < 4.78 is 0. The lowest BCUT2D eigenvalue weighted by molar-refractivity contribution is -0.141. The number of nitrogens with zero attached hydrogens (tertiary/aromatic N) is 2. The molecule has 0 atom stereocenters. The first-order valence-corrected chi connectivity index (χ1v) is 8.99. The van der Waals surface area contributed by atoms with E-state index >= 15 is 0 Å². The number of hydrogen-bond donors (Lipinski definition) is 0. The van der Waals surface area contributed by atoms with Crippen molar-refractivity contribution in [3.05, 3.63) is 35.9 Å². The van der Waals surface area contributed by atoms with Gasteiger partial charge in [0.15, 0.2) is 0 Å². The fourth-order valence-corrected chi connectivity index (χ4v) is 3.35. The summed E-state index contributed by atoms with van der Waals surface area (Å²) in [6.45, 7) is 8.52. The number of aryl methyl sites for hydroxylation is 1. The van der Waals surface area contributed by atoms with Crippen LogP contribution in [0.15, 0.2) is 30.3 Å². The summed E-state index contributed by atoms with van der Waals surface area (Å²) in [5, 5.41) is 0. The summed E-state index contributed by atoms with van der Waals surface area (Å²) in [6, 6.07) is 10.4. The van der Waals surface area contributed by atoms with Crippen LogP contribution >= 0.6 is 0 Å². The molecule has 4 nitrogen and oxygen atoms in total. The van der Waals surface area contributed by atoms with Gasteiger partial charge in [0.2, 0.25) is 11.8 Å². The van der Waals surface area contributed by atoms with Gasteiger partial charge in [0.25, 0.3) is 0 Å². The molecule has 132 valence electrons. The molecule has 0 spiro atoms. The van der Waals surface area contributed by atoms with Crippen LogP contribution in [0.1, 0.15) is 45.6 Å². The van der Waals surface area contributed by atoms with Gasteiger partial charge in [-0.2, -0.15) is 0 Å². The maximum Gasteiger partial charge on any atom is 0.228 e. The van der Waals surface area contributed by atoms with Gasteiger partial charge in [-0.3, -0.25) is 9.59 Å². The van der Waals surface area contributed by atoms with Crippen LogP contribution in [-0.2, 0) is 16.0 Å². The molecule has 1 aliphatic rings. The average molecular weight is 330 g/mol. The summed E-state index contributed by atoms with van der Waals surface area (Å²) in [4.78, 5) is 28.2. The first-order chi connectivity index (χ1) is 11.4. The zero-order valence-electron chi connectivity index (χ0n) is 15.3. The molecule has 0 bridgehead atoms. The predicted molar refractivity (Wildman–Crippen MR) is 96.6 cm³/mol. The van der Waals surface area contributed by atoms with Crippen molar-refractivity contribution in [2.75, 3.05) is 26.2 Å². The van der Waals surface area contributed by atoms with Crippen molar-refractivity contribution < 1.29 is 9.59 Å². The highest BCUT2D eigenvalue weighted by Crippen LogP contribution is 2.27. The predicted octanol–water partition coefficient (Wildman–Crippen LogP) is 3.12. The third-order valence-corrected chi connectivity index (χ3v) is 4.92. The van der Waals surface area contributed by atoms with Crippen molar-refractivity contribution >= 4 is 11.8 Å². The minimum atomic E-state index is -0.347. The van der Waals surface area contributed by atoms with Crippen molar-refractivity contribution in [3.8, 4) is 0 Å². The van der Waals surface area contributed by atoms with E-state index in [0.29, 0.717) is 13.1 Å². The fraction of sp³-hybridized carbons (Fsp3) is 0.600. The van der Waals surface area contributed by atoms with E-state index in [-0.39, 0.29) is 17.2 Å². The molecule has 1 heterocycles. The first kappa shape index (κ1) is 18.5. The van der Waals surface area contributed by atoms with Crippen LogP contribution in [0.2, 0.25) is 0 Å². The molecule has 0 saturated carbocycles. The lowest BCUT2D eigenvalue weighted by atomic mass is 9.85. The summed E-state index contributed by atoms with van der Waals surface area (Å²) in [6.07, 6.45) is 3.77. The Bertz CT molecular complexity index is 554. The van der Waals surface area contributed by atoms with Gasteiger partial charge in [0.1, 0.15) is 0 Å². The molecule has 0 aromatic heterocycles. The van der Waals surface area contributed by atoms with Gasteiger partial charge >= 0.3 is 0 Å². The normalized spacial score (nSPS) is 16.0.